The van der Waals surface area contributed by atoms with E-state index >= 15 is 0 Å². The minimum atomic E-state index is -1.10. The fourth-order valence-electron chi connectivity index (χ4n) is 7.35. The highest BCUT2D eigenvalue weighted by molar-refractivity contribution is 6.06. The van der Waals surface area contributed by atoms with E-state index in [9.17, 15) is 19.5 Å². The Morgan fingerprint density at radius 2 is 1.32 bits per heavy atom. The van der Waals surface area contributed by atoms with E-state index in [1.54, 1.807) is 48.7 Å². The van der Waals surface area contributed by atoms with E-state index in [0.717, 1.165) is 16.5 Å². The first-order valence-electron chi connectivity index (χ1n) is 22.8. The Kier molecular flexibility index (Phi) is 17.2. The first-order chi connectivity index (χ1) is 31.2. The predicted molar refractivity (Wildman–Crippen MR) is 256 cm³/mol. The Balaban J connectivity index is 1.08. The third-order valence-corrected chi connectivity index (χ3v) is 10.9. The summed E-state index contributed by atoms with van der Waals surface area (Å²) in [4.78, 5) is 45.1. The van der Waals surface area contributed by atoms with Crippen LogP contribution in [0.25, 0.3) is 10.9 Å². The maximum Gasteiger partial charge on any atom is 0.255 e. The van der Waals surface area contributed by atoms with Gasteiger partial charge in [0.1, 0.15) is 23.9 Å². The molecule has 3 amide bonds. The van der Waals surface area contributed by atoms with Crippen molar-refractivity contribution in [3.05, 3.63) is 113 Å². The SMILES string of the molecule is Cc1ccc(C(O)Nc2ccc(C(=O)Nc3ccc(C(=O)NC4CCC(C(=O)Nc5cnc6ccccc6c5)CC4)cc3OCC(C)C)cc2OCC(C)C)cc1OCCOCC(C)C. The highest BCUT2D eigenvalue weighted by Gasteiger charge is 2.28. The van der Waals surface area contributed by atoms with E-state index in [2.05, 4.69) is 40.1 Å². The van der Waals surface area contributed by atoms with Crippen molar-refractivity contribution < 1.29 is 38.4 Å². The maximum atomic E-state index is 13.9. The Labute approximate surface area is 383 Å². The molecule has 1 fully saturated rings. The molecular weight excluding hydrogens is 823 g/mol. The molecule has 0 aliphatic heterocycles. The number of aliphatic hydroxyl groups is 1. The normalized spacial score (nSPS) is 15.4. The lowest BCUT2D eigenvalue weighted by Gasteiger charge is -2.28. The molecule has 346 valence electrons. The molecule has 1 atom stereocenters. The molecule has 65 heavy (non-hydrogen) atoms. The summed E-state index contributed by atoms with van der Waals surface area (Å²) in [7, 11) is 0. The van der Waals surface area contributed by atoms with Crippen molar-refractivity contribution in [3.8, 4) is 17.2 Å². The van der Waals surface area contributed by atoms with Crippen LogP contribution in [0, 0.1) is 30.6 Å². The average molecular weight is 888 g/mol. The molecule has 5 N–H and O–H groups in total. The van der Waals surface area contributed by atoms with Crippen molar-refractivity contribution in [1.29, 1.82) is 0 Å². The second-order valence-electron chi connectivity index (χ2n) is 18.1. The molecular formula is C52H65N5O8. The van der Waals surface area contributed by atoms with Gasteiger partial charge in [0, 0.05) is 40.6 Å². The summed E-state index contributed by atoms with van der Waals surface area (Å²) in [5, 5.41) is 24.6. The zero-order valence-corrected chi connectivity index (χ0v) is 38.7. The lowest BCUT2D eigenvalue weighted by atomic mass is 9.85. The molecule has 1 aliphatic rings. The molecule has 13 nitrogen and oxygen atoms in total. The number of nitrogens with one attached hydrogen (secondary N) is 4. The molecule has 1 heterocycles. The van der Waals surface area contributed by atoms with Gasteiger partial charge in [-0.1, -0.05) is 71.9 Å². The molecule has 1 aliphatic carbocycles. The standard InChI is InChI=1S/C52H65N5O8/c1-32(2)29-62-22-23-63-46-25-38(13-12-35(46)7)51(60)56-45-21-17-40(27-48(45)65-31-34(5)6)52(61)57-44-20-16-39(26-47(44)64-30-33(3)4)50(59)54-41-18-14-36(15-19-41)49(58)55-42-24-37-10-8-9-11-43(37)53-28-42/h8-13,16-17,20-21,24-28,32-34,36,41,51,56,60H,14-15,18-19,22-23,29-31H2,1-7H3,(H,54,59)(H,55,58)(H,57,61). The van der Waals surface area contributed by atoms with Crippen LogP contribution in [0.2, 0.25) is 0 Å². The number of benzene rings is 4. The summed E-state index contributed by atoms with van der Waals surface area (Å²) >= 11 is 0. The number of amides is 3. The van der Waals surface area contributed by atoms with Crippen LogP contribution in [0.4, 0.5) is 17.1 Å². The van der Waals surface area contributed by atoms with Crippen LogP contribution in [-0.4, -0.2) is 66.9 Å². The number of aromatic nitrogens is 1. The molecule has 5 aromatic rings. The van der Waals surface area contributed by atoms with Crippen LogP contribution in [0.5, 0.6) is 17.2 Å². The van der Waals surface area contributed by atoms with E-state index < -0.39 is 12.1 Å². The Morgan fingerprint density at radius 3 is 2.02 bits per heavy atom. The first-order valence-corrected chi connectivity index (χ1v) is 22.8. The number of nitrogens with zero attached hydrogens (tertiary/aromatic N) is 1. The minimum absolute atomic E-state index is 0.0419. The van der Waals surface area contributed by atoms with Gasteiger partial charge in [-0.2, -0.15) is 0 Å². The summed E-state index contributed by atoms with van der Waals surface area (Å²) < 4.78 is 24.0. The van der Waals surface area contributed by atoms with E-state index in [-0.39, 0.29) is 35.6 Å². The van der Waals surface area contributed by atoms with Gasteiger partial charge in [0.2, 0.25) is 5.91 Å². The topological polar surface area (TPSA) is 169 Å². The number of hydrogen-bond donors (Lipinski definition) is 5. The lowest BCUT2D eigenvalue weighted by Crippen LogP contribution is -2.39. The quantitative estimate of drug-likeness (QED) is 0.0353. The smallest absolute Gasteiger partial charge is 0.255 e. The fraction of sp³-hybridized carbons (Fsp3) is 0.423. The number of aliphatic hydroxyl groups excluding tert-OH is 1. The van der Waals surface area contributed by atoms with Crippen LogP contribution in [0.15, 0.2) is 91.1 Å². The molecule has 13 heteroatoms. The van der Waals surface area contributed by atoms with Crippen molar-refractivity contribution >= 4 is 45.7 Å². The number of para-hydroxylation sites is 1. The Morgan fingerprint density at radius 1 is 0.677 bits per heavy atom. The van der Waals surface area contributed by atoms with Crippen molar-refractivity contribution in [3.63, 3.8) is 0 Å². The summed E-state index contributed by atoms with van der Waals surface area (Å²) in [6, 6.07) is 25.1. The van der Waals surface area contributed by atoms with Gasteiger partial charge >= 0.3 is 0 Å². The van der Waals surface area contributed by atoms with Crippen LogP contribution in [0.3, 0.4) is 0 Å². The van der Waals surface area contributed by atoms with Gasteiger partial charge in [-0.3, -0.25) is 19.4 Å². The number of carbonyl (C=O) groups excluding carboxylic acids is 3. The fourth-order valence-corrected chi connectivity index (χ4v) is 7.35. The van der Waals surface area contributed by atoms with Gasteiger partial charge in [0.05, 0.1) is 48.6 Å². The number of anilines is 3. The minimum Gasteiger partial charge on any atom is -0.491 e. The van der Waals surface area contributed by atoms with Crippen LogP contribution < -0.4 is 35.5 Å². The van der Waals surface area contributed by atoms with Crippen molar-refractivity contribution in [2.24, 2.45) is 23.7 Å². The van der Waals surface area contributed by atoms with E-state index in [1.807, 2.05) is 77.1 Å². The highest BCUT2D eigenvalue weighted by atomic mass is 16.5. The van der Waals surface area contributed by atoms with Gasteiger partial charge in [0.25, 0.3) is 11.8 Å². The van der Waals surface area contributed by atoms with Crippen molar-refractivity contribution in [2.75, 3.05) is 49.0 Å². The monoisotopic (exact) mass is 887 g/mol. The van der Waals surface area contributed by atoms with Gasteiger partial charge in [-0.25, -0.2) is 0 Å². The van der Waals surface area contributed by atoms with E-state index in [1.165, 1.54) is 0 Å². The number of carbonyl (C=O) groups is 3. The molecule has 1 aromatic heterocycles. The zero-order chi connectivity index (χ0) is 46.5. The molecule has 4 aromatic carbocycles. The average Bonchev–Trinajstić information content (AvgIpc) is 3.28. The van der Waals surface area contributed by atoms with Crippen LogP contribution in [-0.2, 0) is 9.53 Å². The first kappa shape index (κ1) is 48.3. The molecule has 0 saturated heterocycles. The molecule has 0 bridgehead atoms. The van der Waals surface area contributed by atoms with Crippen LogP contribution in [0.1, 0.15) is 105 Å². The largest absolute Gasteiger partial charge is 0.491 e. The van der Waals surface area contributed by atoms with E-state index in [4.69, 9.17) is 18.9 Å². The van der Waals surface area contributed by atoms with Gasteiger partial charge < -0.3 is 45.3 Å². The second kappa shape index (κ2) is 23.1. The maximum absolute atomic E-state index is 13.9. The zero-order valence-electron chi connectivity index (χ0n) is 38.7. The molecule has 0 radical (unpaired) electrons. The number of fused-ring (bicyclic) bond motifs is 1. The lowest BCUT2D eigenvalue weighted by molar-refractivity contribution is -0.120. The molecule has 0 spiro atoms. The highest BCUT2D eigenvalue weighted by Crippen LogP contribution is 2.33. The summed E-state index contributed by atoms with van der Waals surface area (Å²) in [5.74, 6) is 1.37. The molecule has 6 rings (SSSR count). The van der Waals surface area contributed by atoms with Crippen LogP contribution >= 0.6 is 0 Å². The predicted octanol–water partition coefficient (Wildman–Crippen LogP) is 9.95. The Bertz CT molecular complexity index is 2390. The van der Waals surface area contributed by atoms with Gasteiger partial charge in [-0.05, 0) is 111 Å². The van der Waals surface area contributed by atoms with Gasteiger partial charge in [0.15, 0.2) is 6.23 Å². The Hall–Kier alpha value is -6.18. The number of pyridine rings is 1. The summed E-state index contributed by atoms with van der Waals surface area (Å²) in [6.07, 6.45) is 3.19. The number of ether oxygens (including phenoxy) is 4. The number of rotatable bonds is 21. The molecule has 1 saturated carbocycles. The second-order valence-corrected chi connectivity index (χ2v) is 18.1. The molecule has 1 unspecified atom stereocenters. The van der Waals surface area contributed by atoms with E-state index in [0.29, 0.717) is 116 Å². The summed E-state index contributed by atoms with van der Waals surface area (Å²) in [5.41, 5.74) is 4.70. The number of hydrogen-bond acceptors (Lipinski definition) is 10. The third-order valence-electron chi connectivity index (χ3n) is 10.9. The van der Waals surface area contributed by atoms with Crippen molar-refractivity contribution in [1.82, 2.24) is 10.3 Å². The summed E-state index contributed by atoms with van der Waals surface area (Å²) in [6.45, 7) is 16.5. The van der Waals surface area contributed by atoms with Gasteiger partial charge in [-0.15, -0.1) is 0 Å². The third kappa shape index (κ3) is 14.2. The number of aryl methyl sites for hydroxylation is 1. The van der Waals surface area contributed by atoms with Crippen molar-refractivity contribution in [2.45, 2.75) is 86.4 Å².